The van der Waals surface area contributed by atoms with E-state index in [4.69, 9.17) is 11.1 Å². The normalized spacial score (nSPS) is 16.9. The van der Waals surface area contributed by atoms with Crippen LogP contribution in [0.5, 0.6) is 0 Å². The van der Waals surface area contributed by atoms with Crippen LogP contribution in [0.4, 0.5) is 5.82 Å². The summed E-state index contributed by atoms with van der Waals surface area (Å²) in [5.74, 6) is 1.42. The summed E-state index contributed by atoms with van der Waals surface area (Å²) < 4.78 is 0. The molecule has 0 bridgehead atoms. The zero-order valence-corrected chi connectivity index (χ0v) is 9.64. The summed E-state index contributed by atoms with van der Waals surface area (Å²) >= 11 is 0. The molecule has 1 heterocycles. The highest BCUT2D eigenvalue weighted by atomic mass is 15.2. The highest BCUT2D eigenvalue weighted by Crippen LogP contribution is 2.36. The second-order valence-corrected chi connectivity index (χ2v) is 4.33. The number of anilines is 1. The van der Waals surface area contributed by atoms with Crippen molar-refractivity contribution in [1.29, 1.82) is 5.41 Å². The van der Waals surface area contributed by atoms with E-state index in [1.807, 2.05) is 7.05 Å². The van der Waals surface area contributed by atoms with Gasteiger partial charge in [0.2, 0.25) is 0 Å². The van der Waals surface area contributed by atoms with Crippen LogP contribution >= 0.6 is 0 Å². The Kier molecular flexibility index (Phi) is 2.77. The van der Waals surface area contributed by atoms with Gasteiger partial charge in [-0.3, -0.25) is 5.41 Å². The lowest BCUT2D eigenvalue weighted by molar-refractivity contribution is 0.602. The van der Waals surface area contributed by atoms with Crippen LogP contribution in [0.15, 0.2) is 12.4 Å². The fourth-order valence-electron chi connectivity index (χ4n) is 1.87. The second-order valence-electron chi connectivity index (χ2n) is 4.33. The average Bonchev–Trinajstić information content (AvgIpc) is 3.11. The Morgan fingerprint density at radius 2 is 2.12 bits per heavy atom. The van der Waals surface area contributed by atoms with Gasteiger partial charge in [0.1, 0.15) is 11.5 Å². The number of rotatable bonds is 4. The minimum atomic E-state index is -0.0297. The molecule has 1 aromatic rings. The van der Waals surface area contributed by atoms with E-state index < -0.39 is 0 Å². The molecule has 0 aromatic carbocycles. The quantitative estimate of drug-likeness (QED) is 0.585. The Bertz CT molecular complexity index is 399. The van der Waals surface area contributed by atoms with Crippen molar-refractivity contribution < 1.29 is 0 Å². The Hall–Kier alpha value is -1.65. The molecule has 1 aromatic heterocycles. The third-order valence-electron chi connectivity index (χ3n) is 3.18. The van der Waals surface area contributed by atoms with Gasteiger partial charge in [-0.2, -0.15) is 0 Å². The van der Waals surface area contributed by atoms with E-state index in [-0.39, 0.29) is 5.84 Å². The summed E-state index contributed by atoms with van der Waals surface area (Å²) in [4.78, 5) is 10.5. The fourth-order valence-corrected chi connectivity index (χ4v) is 1.87. The molecular weight excluding hydrogens is 202 g/mol. The summed E-state index contributed by atoms with van der Waals surface area (Å²) in [6.07, 6.45) is 5.76. The third-order valence-corrected chi connectivity index (χ3v) is 3.18. The number of nitrogens with one attached hydrogen (secondary N) is 1. The van der Waals surface area contributed by atoms with Crippen molar-refractivity contribution in [2.24, 2.45) is 11.7 Å². The van der Waals surface area contributed by atoms with E-state index in [0.29, 0.717) is 17.6 Å². The molecule has 5 heteroatoms. The number of nitrogens with zero attached hydrogens (tertiary/aromatic N) is 3. The van der Waals surface area contributed by atoms with E-state index in [9.17, 15) is 0 Å². The van der Waals surface area contributed by atoms with Crippen molar-refractivity contribution in [3.63, 3.8) is 0 Å². The van der Waals surface area contributed by atoms with Crippen molar-refractivity contribution in [3.05, 3.63) is 18.1 Å². The van der Waals surface area contributed by atoms with Crippen molar-refractivity contribution in [3.8, 4) is 0 Å². The first-order valence-electron chi connectivity index (χ1n) is 5.49. The van der Waals surface area contributed by atoms with Gasteiger partial charge in [-0.25, -0.2) is 9.97 Å². The molecule has 86 valence electrons. The molecule has 0 aliphatic heterocycles. The summed E-state index contributed by atoms with van der Waals surface area (Å²) in [6, 6.07) is 0.426. The predicted octanol–water partition coefficient (Wildman–Crippen LogP) is 0.995. The molecule has 2 rings (SSSR count). The molecule has 1 unspecified atom stereocenters. The zero-order chi connectivity index (χ0) is 11.7. The summed E-state index contributed by atoms with van der Waals surface area (Å²) in [6.45, 7) is 2.18. The van der Waals surface area contributed by atoms with Crippen LogP contribution in [-0.4, -0.2) is 28.9 Å². The van der Waals surface area contributed by atoms with Gasteiger partial charge < -0.3 is 10.6 Å². The van der Waals surface area contributed by atoms with Gasteiger partial charge in [0.25, 0.3) is 0 Å². The minimum Gasteiger partial charge on any atom is -0.382 e. The largest absolute Gasteiger partial charge is 0.382 e. The first-order valence-corrected chi connectivity index (χ1v) is 5.49. The van der Waals surface area contributed by atoms with Crippen LogP contribution in [0.25, 0.3) is 0 Å². The highest BCUT2D eigenvalue weighted by molar-refractivity contribution is 5.97. The zero-order valence-electron chi connectivity index (χ0n) is 9.64. The van der Waals surface area contributed by atoms with E-state index in [2.05, 4.69) is 21.8 Å². The predicted molar refractivity (Wildman–Crippen MR) is 63.6 cm³/mol. The summed E-state index contributed by atoms with van der Waals surface area (Å²) in [5, 5.41) is 7.48. The number of nitrogen functional groups attached to an aromatic ring is 1. The highest BCUT2D eigenvalue weighted by Gasteiger charge is 2.32. The molecule has 1 aliphatic carbocycles. The molecule has 0 saturated heterocycles. The Morgan fingerprint density at radius 3 is 2.69 bits per heavy atom. The number of nitrogens with two attached hydrogens (primary N) is 1. The number of aromatic nitrogens is 2. The van der Waals surface area contributed by atoms with Crippen molar-refractivity contribution in [2.45, 2.75) is 25.8 Å². The molecule has 1 atom stereocenters. The molecular formula is C11H17N5. The van der Waals surface area contributed by atoms with Gasteiger partial charge in [0.05, 0.1) is 0 Å². The third kappa shape index (κ3) is 1.98. The molecule has 3 N–H and O–H groups in total. The van der Waals surface area contributed by atoms with E-state index in [1.54, 1.807) is 12.4 Å². The van der Waals surface area contributed by atoms with Gasteiger partial charge in [-0.1, -0.05) is 0 Å². The fraction of sp³-hybridized carbons (Fsp3) is 0.545. The van der Waals surface area contributed by atoms with Crippen LogP contribution < -0.4 is 10.6 Å². The smallest absolute Gasteiger partial charge is 0.158 e. The molecule has 1 aliphatic rings. The maximum absolute atomic E-state index is 7.48. The first kappa shape index (κ1) is 10.9. The number of amidine groups is 1. The van der Waals surface area contributed by atoms with E-state index >= 15 is 0 Å². The maximum Gasteiger partial charge on any atom is 0.158 e. The van der Waals surface area contributed by atoms with Gasteiger partial charge in [-0.15, -0.1) is 0 Å². The van der Waals surface area contributed by atoms with Crippen LogP contribution in [-0.2, 0) is 0 Å². The van der Waals surface area contributed by atoms with Gasteiger partial charge in [-0.05, 0) is 25.7 Å². The Morgan fingerprint density at radius 1 is 1.50 bits per heavy atom. The van der Waals surface area contributed by atoms with Gasteiger partial charge in [0.15, 0.2) is 5.82 Å². The van der Waals surface area contributed by atoms with Gasteiger partial charge in [0, 0.05) is 25.5 Å². The van der Waals surface area contributed by atoms with Crippen LogP contribution in [0.3, 0.4) is 0 Å². The molecule has 1 saturated carbocycles. The molecule has 0 spiro atoms. The average molecular weight is 219 g/mol. The Balaban J connectivity index is 2.27. The minimum absolute atomic E-state index is 0.0297. The summed E-state index contributed by atoms with van der Waals surface area (Å²) in [5.41, 5.74) is 5.97. The van der Waals surface area contributed by atoms with Gasteiger partial charge >= 0.3 is 0 Å². The second kappa shape index (κ2) is 4.08. The topological polar surface area (TPSA) is 78.9 Å². The SMILES string of the molecule is CC(C1CC1)N(C)c1nccnc1C(=N)N. The molecule has 0 amide bonds. The van der Waals surface area contributed by atoms with Crippen molar-refractivity contribution >= 4 is 11.7 Å². The van der Waals surface area contributed by atoms with Crippen molar-refractivity contribution in [1.82, 2.24) is 9.97 Å². The molecule has 5 nitrogen and oxygen atoms in total. The Labute approximate surface area is 95.2 Å². The van der Waals surface area contributed by atoms with Crippen LogP contribution in [0, 0.1) is 11.3 Å². The van der Waals surface area contributed by atoms with E-state index in [0.717, 1.165) is 5.92 Å². The summed E-state index contributed by atoms with van der Waals surface area (Å²) in [7, 11) is 1.99. The standard InChI is InChI=1S/C11H17N5/c1-7(8-3-4-8)16(2)11-9(10(12)13)14-5-6-15-11/h5-8H,3-4H2,1-2H3,(H3,12,13). The lowest BCUT2D eigenvalue weighted by Gasteiger charge is -2.26. The van der Waals surface area contributed by atoms with E-state index in [1.165, 1.54) is 12.8 Å². The molecule has 0 radical (unpaired) electrons. The number of hydrogen-bond acceptors (Lipinski definition) is 4. The van der Waals surface area contributed by atoms with Crippen molar-refractivity contribution in [2.75, 3.05) is 11.9 Å². The maximum atomic E-state index is 7.48. The molecule has 16 heavy (non-hydrogen) atoms. The van der Waals surface area contributed by atoms with Crippen LogP contribution in [0.1, 0.15) is 25.5 Å². The number of hydrogen-bond donors (Lipinski definition) is 2. The monoisotopic (exact) mass is 219 g/mol. The first-order chi connectivity index (χ1) is 7.61. The molecule has 1 fully saturated rings. The lowest BCUT2D eigenvalue weighted by Crippen LogP contribution is -2.33. The van der Waals surface area contributed by atoms with Crippen LogP contribution in [0.2, 0.25) is 0 Å². The lowest BCUT2D eigenvalue weighted by atomic mass is 10.2.